The van der Waals surface area contributed by atoms with Crippen molar-refractivity contribution in [3.8, 4) is 0 Å². The van der Waals surface area contributed by atoms with E-state index < -0.39 is 0 Å². The zero-order chi connectivity index (χ0) is 9.97. The molecule has 2 atom stereocenters. The lowest BCUT2D eigenvalue weighted by molar-refractivity contribution is 0.0637. The van der Waals surface area contributed by atoms with Gasteiger partial charge in [0.25, 0.3) is 0 Å². The molecule has 1 aliphatic heterocycles. The fraction of sp³-hybridized carbons (Fsp3) is 1.00. The Balaban J connectivity index is 1.75. The van der Waals surface area contributed by atoms with Crippen molar-refractivity contribution in [2.75, 3.05) is 33.3 Å². The van der Waals surface area contributed by atoms with Crippen LogP contribution in [0.3, 0.4) is 0 Å². The molecule has 0 spiro atoms. The monoisotopic (exact) mass is 198 g/mol. The smallest absolute Gasteiger partial charge is 0.0670 e. The van der Waals surface area contributed by atoms with Crippen molar-refractivity contribution in [1.29, 1.82) is 0 Å². The summed E-state index contributed by atoms with van der Waals surface area (Å²) in [4.78, 5) is 2.54. The van der Waals surface area contributed by atoms with E-state index in [0.29, 0.717) is 6.10 Å². The molecule has 0 aromatic heterocycles. The first-order valence-electron chi connectivity index (χ1n) is 5.78. The summed E-state index contributed by atoms with van der Waals surface area (Å²) in [5, 5.41) is 3.62. The molecule has 0 bridgehead atoms. The lowest BCUT2D eigenvalue weighted by Gasteiger charge is -2.35. The minimum absolute atomic E-state index is 0.368. The van der Waals surface area contributed by atoms with E-state index in [-0.39, 0.29) is 0 Å². The highest BCUT2D eigenvalue weighted by atomic mass is 16.5. The fourth-order valence-electron chi connectivity index (χ4n) is 2.26. The molecule has 1 aliphatic carbocycles. The minimum Gasteiger partial charge on any atom is -0.380 e. The van der Waals surface area contributed by atoms with E-state index in [0.717, 1.165) is 25.0 Å². The average molecular weight is 198 g/mol. The van der Waals surface area contributed by atoms with Crippen LogP contribution in [0, 0.1) is 5.92 Å². The summed E-state index contributed by atoms with van der Waals surface area (Å²) in [6.45, 7) is 6.78. The van der Waals surface area contributed by atoms with Gasteiger partial charge in [-0.3, -0.25) is 4.90 Å². The highest BCUT2D eigenvalue weighted by molar-refractivity contribution is 4.91. The van der Waals surface area contributed by atoms with Crippen molar-refractivity contribution in [2.24, 2.45) is 5.92 Å². The van der Waals surface area contributed by atoms with Gasteiger partial charge in [-0.2, -0.15) is 0 Å². The molecule has 82 valence electrons. The Morgan fingerprint density at radius 1 is 1.50 bits per heavy atom. The van der Waals surface area contributed by atoms with Gasteiger partial charge in [-0.25, -0.2) is 0 Å². The molecule has 0 aromatic rings. The highest BCUT2D eigenvalue weighted by Crippen LogP contribution is 2.33. The Labute approximate surface area is 86.8 Å². The summed E-state index contributed by atoms with van der Waals surface area (Å²) in [7, 11) is 1.80. The first-order valence-corrected chi connectivity index (χ1v) is 5.78. The van der Waals surface area contributed by atoms with E-state index >= 15 is 0 Å². The molecule has 2 unspecified atom stereocenters. The number of hydrogen-bond acceptors (Lipinski definition) is 3. The van der Waals surface area contributed by atoms with Gasteiger partial charge in [-0.1, -0.05) is 0 Å². The summed E-state index contributed by atoms with van der Waals surface area (Å²) in [5.41, 5.74) is 0. The van der Waals surface area contributed by atoms with Crippen LogP contribution >= 0.6 is 0 Å². The molecule has 1 saturated heterocycles. The maximum atomic E-state index is 5.30. The van der Waals surface area contributed by atoms with Gasteiger partial charge in [0.05, 0.1) is 6.10 Å². The second-order valence-corrected chi connectivity index (χ2v) is 4.70. The van der Waals surface area contributed by atoms with Gasteiger partial charge < -0.3 is 10.1 Å². The first-order chi connectivity index (χ1) is 6.79. The lowest BCUT2D eigenvalue weighted by atomic mass is 10.1. The number of ether oxygens (including phenoxy) is 1. The van der Waals surface area contributed by atoms with E-state index in [2.05, 4.69) is 17.1 Å². The standard InChI is InChI=1S/C11H22N2O/c1-9(14-2)7-13-6-5-12-11(8-13)10-3-4-10/h9-12H,3-8H2,1-2H3. The van der Waals surface area contributed by atoms with Gasteiger partial charge in [0.2, 0.25) is 0 Å². The number of piperazine rings is 1. The van der Waals surface area contributed by atoms with Gasteiger partial charge in [0.1, 0.15) is 0 Å². The second-order valence-electron chi connectivity index (χ2n) is 4.70. The van der Waals surface area contributed by atoms with Crippen molar-refractivity contribution in [2.45, 2.75) is 31.9 Å². The minimum atomic E-state index is 0.368. The van der Waals surface area contributed by atoms with E-state index in [4.69, 9.17) is 4.74 Å². The SMILES string of the molecule is COC(C)CN1CCNC(C2CC2)C1. The normalized spacial score (nSPS) is 31.7. The molecule has 14 heavy (non-hydrogen) atoms. The first kappa shape index (κ1) is 10.4. The number of methoxy groups -OCH3 is 1. The van der Waals surface area contributed by atoms with Crippen molar-refractivity contribution in [1.82, 2.24) is 10.2 Å². The molecule has 2 aliphatic rings. The Hall–Kier alpha value is -0.120. The third-order valence-corrected chi connectivity index (χ3v) is 3.40. The largest absolute Gasteiger partial charge is 0.380 e. The number of hydrogen-bond donors (Lipinski definition) is 1. The van der Waals surface area contributed by atoms with E-state index in [1.54, 1.807) is 7.11 Å². The lowest BCUT2D eigenvalue weighted by Crippen LogP contribution is -2.53. The fourth-order valence-corrected chi connectivity index (χ4v) is 2.26. The average Bonchev–Trinajstić information content (AvgIpc) is 3.01. The van der Waals surface area contributed by atoms with E-state index in [1.165, 1.54) is 25.9 Å². The molecular formula is C11H22N2O. The van der Waals surface area contributed by atoms with Crippen LogP contribution in [-0.4, -0.2) is 50.3 Å². The summed E-state index contributed by atoms with van der Waals surface area (Å²) in [6, 6.07) is 0.757. The molecule has 0 radical (unpaired) electrons. The predicted octanol–water partition coefficient (Wildman–Crippen LogP) is 0.705. The summed E-state index contributed by atoms with van der Waals surface area (Å²) >= 11 is 0. The van der Waals surface area contributed by atoms with Crippen LogP contribution in [0.5, 0.6) is 0 Å². The third-order valence-electron chi connectivity index (χ3n) is 3.40. The van der Waals surface area contributed by atoms with Crippen LogP contribution < -0.4 is 5.32 Å². The quantitative estimate of drug-likeness (QED) is 0.720. The molecule has 2 fully saturated rings. The number of nitrogens with zero attached hydrogens (tertiary/aromatic N) is 1. The zero-order valence-electron chi connectivity index (χ0n) is 9.33. The second kappa shape index (κ2) is 4.60. The van der Waals surface area contributed by atoms with Crippen LogP contribution in [0.2, 0.25) is 0 Å². The van der Waals surface area contributed by atoms with Gasteiger partial charge in [-0.05, 0) is 25.7 Å². The molecular weight excluding hydrogens is 176 g/mol. The molecule has 1 saturated carbocycles. The Kier molecular flexibility index (Phi) is 3.42. The van der Waals surface area contributed by atoms with E-state index in [1.807, 2.05) is 0 Å². The van der Waals surface area contributed by atoms with E-state index in [9.17, 15) is 0 Å². The predicted molar refractivity (Wildman–Crippen MR) is 57.4 cm³/mol. The molecule has 3 heteroatoms. The summed E-state index contributed by atoms with van der Waals surface area (Å²) in [5.74, 6) is 0.968. The van der Waals surface area contributed by atoms with Crippen LogP contribution in [0.15, 0.2) is 0 Å². The van der Waals surface area contributed by atoms with Crippen molar-refractivity contribution in [3.05, 3.63) is 0 Å². The van der Waals surface area contributed by atoms with Gasteiger partial charge in [0.15, 0.2) is 0 Å². The highest BCUT2D eigenvalue weighted by Gasteiger charge is 2.33. The van der Waals surface area contributed by atoms with Crippen LogP contribution in [-0.2, 0) is 4.74 Å². The number of nitrogens with one attached hydrogen (secondary N) is 1. The molecule has 1 N–H and O–H groups in total. The molecule has 0 aromatic carbocycles. The maximum Gasteiger partial charge on any atom is 0.0670 e. The maximum absolute atomic E-state index is 5.30. The van der Waals surface area contributed by atoms with Crippen molar-refractivity contribution >= 4 is 0 Å². The van der Waals surface area contributed by atoms with Crippen molar-refractivity contribution < 1.29 is 4.74 Å². The Morgan fingerprint density at radius 3 is 2.93 bits per heavy atom. The number of rotatable bonds is 4. The van der Waals surface area contributed by atoms with Crippen LogP contribution in [0.25, 0.3) is 0 Å². The molecule has 2 rings (SSSR count). The van der Waals surface area contributed by atoms with Gasteiger partial charge in [-0.15, -0.1) is 0 Å². The summed E-state index contributed by atoms with van der Waals surface area (Å²) < 4.78 is 5.30. The molecule has 3 nitrogen and oxygen atoms in total. The van der Waals surface area contributed by atoms with Crippen LogP contribution in [0.1, 0.15) is 19.8 Å². The summed E-state index contributed by atoms with van der Waals surface area (Å²) in [6.07, 6.45) is 3.24. The molecule has 0 amide bonds. The topological polar surface area (TPSA) is 24.5 Å². The van der Waals surface area contributed by atoms with Gasteiger partial charge in [0, 0.05) is 39.3 Å². The third kappa shape index (κ3) is 2.69. The Bertz CT molecular complexity index is 182. The zero-order valence-corrected chi connectivity index (χ0v) is 9.33. The Morgan fingerprint density at radius 2 is 2.29 bits per heavy atom. The molecule has 1 heterocycles. The van der Waals surface area contributed by atoms with Gasteiger partial charge >= 0.3 is 0 Å². The van der Waals surface area contributed by atoms with Crippen molar-refractivity contribution in [3.63, 3.8) is 0 Å². The van der Waals surface area contributed by atoms with Crippen LogP contribution in [0.4, 0.5) is 0 Å².